The maximum Gasteiger partial charge on any atom is 0.246 e. The molecule has 0 unspecified atom stereocenters. The molecule has 0 saturated carbocycles. The first-order valence-electron chi connectivity index (χ1n) is 17.8. The lowest BCUT2D eigenvalue weighted by atomic mass is 9.93. The quantitative estimate of drug-likeness (QED) is 0.244. The van der Waals surface area contributed by atoms with Crippen LogP contribution >= 0.6 is 0 Å². The van der Waals surface area contributed by atoms with E-state index in [0.717, 1.165) is 5.56 Å². The van der Waals surface area contributed by atoms with Crippen LogP contribution in [0.5, 0.6) is 0 Å². The molecule has 11 nitrogen and oxygen atoms in total. The first-order chi connectivity index (χ1) is 22.7. The van der Waals surface area contributed by atoms with E-state index in [-0.39, 0.29) is 59.1 Å². The van der Waals surface area contributed by atoms with Gasteiger partial charge in [-0.3, -0.25) is 24.0 Å². The average Bonchev–Trinajstić information content (AvgIpc) is 3.00. The Balaban J connectivity index is 3.32. The minimum Gasteiger partial charge on any atom is -0.354 e. The van der Waals surface area contributed by atoms with Crippen molar-refractivity contribution in [3.63, 3.8) is 0 Å². The normalized spacial score (nSPS) is 14.8. The largest absolute Gasteiger partial charge is 0.354 e. The lowest BCUT2D eigenvalue weighted by molar-refractivity contribution is -0.157. The molecule has 0 fully saturated rings. The molecule has 0 aromatic heterocycles. The second-order valence-electron chi connectivity index (χ2n) is 15.1. The zero-order valence-electron chi connectivity index (χ0n) is 32.9. The highest BCUT2D eigenvalue weighted by molar-refractivity contribution is 5.96. The number of rotatable bonds is 18. The highest BCUT2D eigenvalue weighted by Crippen LogP contribution is 2.23. The van der Waals surface area contributed by atoms with Gasteiger partial charge in [0.25, 0.3) is 0 Å². The molecule has 5 amide bonds. The summed E-state index contributed by atoms with van der Waals surface area (Å²) in [6, 6.07) is 6.08. The van der Waals surface area contributed by atoms with Gasteiger partial charge >= 0.3 is 0 Å². The minimum absolute atomic E-state index is 0.0125. The summed E-state index contributed by atoms with van der Waals surface area (Å²) in [4.78, 5) is 75.4. The Labute approximate surface area is 296 Å². The fourth-order valence-electron chi connectivity index (χ4n) is 6.83. The van der Waals surface area contributed by atoms with Crippen LogP contribution in [0.2, 0.25) is 0 Å². The monoisotopic (exact) mass is 687 g/mol. The fourth-order valence-corrected chi connectivity index (χ4v) is 6.83. The molecule has 0 saturated heterocycles. The van der Waals surface area contributed by atoms with Gasteiger partial charge < -0.3 is 30.2 Å². The van der Waals surface area contributed by atoms with Crippen molar-refractivity contribution in [1.82, 2.24) is 30.2 Å². The van der Waals surface area contributed by atoms with E-state index in [9.17, 15) is 24.0 Å². The van der Waals surface area contributed by atoms with Gasteiger partial charge in [-0.1, -0.05) is 99.6 Å². The average molecular weight is 687 g/mol. The molecule has 0 aliphatic rings. The minimum atomic E-state index is -0.894. The number of nitrogens with one attached hydrogen (secondary N) is 2. The molecular weight excluding hydrogens is 620 g/mol. The van der Waals surface area contributed by atoms with E-state index in [4.69, 9.17) is 0 Å². The summed E-state index contributed by atoms with van der Waals surface area (Å²) in [5.74, 6) is -2.49. The maximum atomic E-state index is 14.3. The van der Waals surface area contributed by atoms with E-state index in [1.807, 2.05) is 99.6 Å². The molecule has 49 heavy (non-hydrogen) atoms. The number of carbonyl (C=O) groups excluding carboxylic acids is 5. The molecule has 1 rings (SSSR count). The summed E-state index contributed by atoms with van der Waals surface area (Å²) in [6.07, 6.45) is 0.666. The number of amides is 5. The first-order valence-corrected chi connectivity index (χ1v) is 17.8. The molecule has 0 bridgehead atoms. The molecule has 1 aromatic carbocycles. The summed E-state index contributed by atoms with van der Waals surface area (Å²) in [5, 5.41) is 6.05. The van der Waals surface area contributed by atoms with Crippen molar-refractivity contribution in [2.24, 2.45) is 29.6 Å². The number of benzene rings is 1. The van der Waals surface area contributed by atoms with Crippen molar-refractivity contribution in [2.75, 3.05) is 41.8 Å². The molecule has 0 spiro atoms. The van der Waals surface area contributed by atoms with Gasteiger partial charge in [-0.2, -0.15) is 0 Å². The Hall–Kier alpha value is -3.47. The molecular formula is C38H66N6O5. The van der Waals surface area contributed by atoms with E-state index < -0.39 is 30.2 Å². The van der Waals surface area contributed by atoms with Crippen molar-refractivity contribution in [3.05, 3.63) is 35.9 Å². The van der Waals surface area contributed by atoms with Gasteiger partial charge in [-0.15, -0.1) is 0 Å². The summed E-state index contributed by atoms with van der Waals surface area (Å²) >= 11 is 0. The van der Waals surface area contributed by atoms with E-state index in [0.29, 0.717) is 13.0 Å². The Bertz CT molecular complexity index is 1230. The Morgan fingerprint density at radius 3 is 1.20 bits per heavy atom. The lowest BCUT2D eigenvalue weighted by Gasteiger charge is -2.42. The second-order valence-corrected chi connectivity index (χ2v) is 15.1. The van der Waals surface area contributed by atoms with Crippen molar-refractivity contribution in [2.45, 2.75) is 106 Å². The Morgan fingerprint density at radius 1 is 0.531 bits per heavy atom. The number of carbonyl (C=O) groups is 5. The smallest absolute Gasteiger partial charge is 0.246 e. The second kappa shape index (κ2) is 19.6. The van der Waals surface area contributed by atoms with Crippen LogP contribution in [0, 0.1) is 29.6 Å². The highest BCUT2D eigenvalue weighted by atomic mass is 16.2. The van der Waals surface area contributed by atoms with Crippen LogP contribution in [0.1, 0.15) is 74.8 Å². The third-order valence-corrected chi connectivity index (χ3v) is 9.41. The van der Waals surface area contributed by atoms with Gasteiger partial charge in [0.15, 0.2) is 0 Å². The van der Waals surface area contributed by atoms with Crippen molar-refractivity contribution in [3.8, 4) is 0 Å². The van der Waals surface area contributed by atoms with Gasteiger partial charge in [0.2, 0.25) is 29.5 Å². The van der Waals surface area contributed by atoms with Crippen LogP contribution in [-0.4, -0.2) is 121 Å². The predicted octanol–water partition coefficient (Wildman–Crippen LogP) is 3.52. The van der Waals surface area contributed by atoms with Gasteiger partial charge in [0, 0.05) is 34.7 Å². The summed E-state index contributed by atoms with van der Waals surface area (Å²) in [6.45, 7) is 19.3. The molecule has 5 atom stereocenters. The van der Waals surface area contributed by atoms with Crippen LogP contribution in [0.4, 0.5) is 0 Å². The van der Waals surface area contributed by atoms with E-state index in [1.54, 1.807) is 35.2 Å². The van der Waals surface area contributed by atoms with Crippen LogP contribution in [0.15, 0.2) is 30.3 Å². The molecule has 0 radical (unpaired) electrons. The Kier molecular flexibility index (Phi) is 17.5. The van der Waals surface area contributed by atoms with Crippen LogP contribution in [0.25, 0.3) is 0 Å². The molecule has 0 heterocycles. The third kappa shape index (κ3) is 11.3. The standard InChI is InChI=1S/C38H66N6O5/c1-23(2)29(39-11)35(46)42(13)31(25(5)6)37(48)44(15)33(27(9)10)38(49)43(14)32(26(7)8)36(47)41(12)30(24(3)4)34(45)40-22-21-28-19-17-16-18-20-28/h16-20,23-27,29-33,39H,21-22H2,1-15H3,(H,40,45)/t29-,30-,31-,32-,33-/m0/s1. The SMILES string of the molecule is CN[C@H](C(=O)N(C)[C@H](C(=O)N(C)[C@H](C(=O)N(C)[C@H](C(=O)N(C)[C@H](C(=O)NCCc1ccccc1)C(C)C)C(C)C)C(C)C)C(C)C)C(C)C. The van der Waals surface area contributed by atoms with Gasteiger partial charge in [0.05, 0.1) is 6.04 Å². The number of hydrogen-bond acceptors (Lipinski definition) is 6. The number of likely N-dealkylation sites (N-methyl/N-ethyl adjacent to an activating group) is 5. The number of hydrogen-bond donors (Lipinski definition) is 2. The molecule has 11 heteroatoms. The van der Waals surface area contributed by atoms with Crippen LogP contribution in [-0.2, 0) is 30.4 Å². The molecule has 0 aliphatic carbocycles. The van der Waals surface area contributed by atoms with Crippen molar-refractivity contribution < 1.29 is 24.0 Å². The van der Waals surface area contributed by atoms with Gasteiger partial charge in [-0.05, 0) is 48.6 Å². The van der Waals surface area contributed by atoms with E-state index in [1.165, 1.54) is 19.6 Å². The van der Waals surface area contributed by atoms with E-state index in [2.05, 4.69) is 10.6 Å². The fraction of sp³-hybridized carbons (Fsp3) is 0.711. The highest BCUT2D eigenvalue weighted by Gasteiger charge is 2.43. The number of nitrogens with zero attached hydrogens (tertiary/aromatic N) is 4. The molecule has 278 valence electrons. The third-order valence-electron chi connectivity index (χ3n) is 9.41. The van der Waals surface area contributed by atoms with E-state index >= 15 is 0 Å². The van der Waals surface area contributed by atoms with Crippen molar-refractivity contribution in [1.29, 1.82) is 0 Å². The van der Waals surface area contributed by atoms with Crippen LogP contribution in [0.3, 0.4) is 0 Å². The summed E-state index contributed by atoms with van der Waals surface area (Å²) < 4.78 is 0. The molecule has 0 aliphatic heterocycles. The maximum absolute atomic E-state index is 14.3. The topological polar surface area (TPSA) is 122 Å². The van der Waals surface area contributed by atoms with Gasteiger partial charge in [-0.25, -0.2) is 0 Å². The zero-order chi connectivity index (χ0) is 37.9. The molecule has 2 N–H and O–H groups in total. The van der Waals surface area contributed by atoms with Crippen LogP contribution < -0.4 is 10.6 Å². The van der Waals surface area contributed by atoms with Crippen molar-refractivity contribution >= 4 is 29.5 Å². The predicted molar refractivity (Wildman–Crippen MR) is 196 cm³/mol. The molecule has 1 aromatic rings. The summed E-state index contributed by atoms with van der Waals surface area (Å²) in [7, 11) is 8.16. The first kappa shape index (κ1) is 43.6. The lowest BCUT2D eigenvalue weighted by Crippen LogP contribution is -2.62. The Morgan fingerprint density at radius 2 is 0.878 bits per heavy atom. The zero-order valence-corrected chi connectivity index (χ0v) is 32.9. The van der Waals surface area contributed by atoms with Gasteiger partial charge in [0.1, 0.15) is 24.2 Å². The summed E-state index contributed by atoms with van der Waals surface area (Å²) in [5.41, 5.74) is 1.10.